The SMILES string of the molecule is Cc1cccc(NCc2cc(C)oc2C)n1. The molecule has 2 heterocycles. The fraction of sp³-hybridized carbons (Fsp3) is 0.308. The first-order chi connectivity index (χ1) is 7.65. The van der Waals surface area contributed by atoms with Gasteiger partial charge < -0.3 is 9.73 Å². The average molecular weight is 216 g/mol. The number of rotatable bonds is 3. The first kappa shape index (κ1) is 10.7. The second-order valence-corrected chi connectivity index (χ2v) is 3.96. The molecule has 3 nitrogen and oxygen atoms in total. The molecule has 0 unspecified atom stereocenters. The van der Waals surface area contributed by atoms with Crippen LogP contribution in [0.4, 0.5) is 5.82 Å². The Labute approximate surface area is 95.5 Å². The van der Waals surface area contributed by atoms with Crippen molar-refractivity contribution in [2.75, 3.05) is 5.32 Å². The van der Waals surface area contributed by atoms with E-state index in [1.807, 2.05) is 39.0 Å². The van der Waals surface area contributed by atoms with Crippen molar-refractivity contribution in [1.29, 1.82) is 0 Å². The highest BCUT2D eigenvalue weighted by molar-refractivity contribution is 5.37. The van der Waals surface area contributed by atoms with E-state index in [0.29, 0.717) is 0 Å². The van der Waals surface area contributed by atoms with Crippen LogP contribution in [0.1, 0.15) is 22.8 Å². The Morgan fingerprint density at radius 1 is 1.25 bits per heavy atom. The maximum atomic E-state index is 5.47. The number of anilines is 1. The third-order valence-electron chi connectivity index (χ3n) is 2.49. The van der Waals surface area contributed by atoms with Gasteiger partial charge in [-0.2, -0.15) is 0 Å². The Hall–Kier alpha value is -1.77. The summed E-state index contributed by atoms with van der Waals surface area (Å²) in [5, 5.41) is 3.28. The summed E-state index contributed by atoms with van der Waals surface area (Å²) in [7, 11) is 0. The van der Waals surface area contributed by atoms with Crippen LogP contribution in [0, 0.1) is 20.8 Å². The van der Waals surface area contributed by atoms with Gasteiger partial charge in [-0.25, -0.2) is 4.98 Å². The van der Waals surface area contributed by atoms with Gasteiger partial charge in [0.05, 0.1) is 0 Å². The fourth-order valence-corrected chi connectivity index (χ4v) is 1.69. The Morgan fingerprint density at radius 3 is 2.69 bits per heavy atom. The summed E-state index contributed by atoms with van der Waals surface area (Å²) in [5.74, 6) is 2.82. The highest BCUT2D eigenvalue weighted by Gasteiger charge is 2.04. The van der Waals surface area contributed by atoms with Crippen molar-refractivity contribution in [2.24, 2.45) is 0 Å². The molecule has 0 aliphatic carbocycles. The normalized spacial score (nSPS) is 10.4. The lowest BCUT2D eigenvalue weighted by Crippen LogP contribution is -2.01. The van der Waals surface area contributed by atoms with Gasteiger partial charge in [0.2, 0.25) is 0 Å². The highest BCUT2D eigenvalue weighted by atomic mass is 16.3. The third kappa shape index (κ3) is 2.42. The van der Waals surface area contributed by atoms with Gasteiger partial charge in [0.15, 0.2) is 0 Å². The topological polar surface area (TPSA) is 38.1 Å². The summed E-state index contributed by atoms with van der Waals surface area (Å²) in [4.78, 5) is 4.38. The smallest absolute Gasteiger partial charge is 0.126 e. The summed E-state index contributed by atoms with van der Waals surface area (Å²) in [5.41, 5.74) is 2.20. The molecule has 16 heavy (non-hydrogen) atoms. The maximum absolute atomic E-state index is 5.47. The van der Waals surface area contributed by atoms with Crippen LogP contribution in [0.5, 0.6) is 0 Å². The predicted octanol–water partition coefficient (Wildman–Crippen LogP) is 3.21. The molecule has 2 aromatic rings. The van der Waals surface area contributed by atoms with Gasteiger partial charge in [-0.3, -0.25) is 0 Å². The molecular weight excluding hydrogens is 200 g/mol. The van der Waals surface area contributed by atoms with E-state index in [1.54, 1.807) is 0 Å². The van der Waals surface area contributed by atoms with Crippen molar-refractivity contribution in [3.63, 3.8) is 0 Å². The summed E-state index contributed by atoms with van der Waals surface area (Å²) in [6.07, 6.45) is 0. The molecule has 0 amide bonds. The van der Waals surface area contributed by atoms with Gasteiger partial charge in [0.25, 0.3) is 0 Å². The minimum atomic E-state index is 0.750. The van der Waals surface area contributed by atoms with Crippen LogP contribution in [-0.2, 0) is 6.54 Å². The number of aromatic nitrogens is 1. The molecule has 0 aliphatic heterocycles. The van der Waals surface area contributed by atoms with Gasteiger partial charge in [0, 0.05) is 17.8 Å². The summed E-state index contributed by atoms with van der Waals surface area (Å²) in [6.45, 7) is 6.67. The summed E-state index contributed by atoms with van der Waals surface area (Å²) in [6, 6.07) is 8.00. The number of furan rings is 1. The van der Waals surface area contributed by atoms with E-state index in [1.165, 1.54) is 5.56 Å². The van der Waals surface area contributed by atoms with Crippen LogP contribution < -0.4 is 5.32 Å². The van der Waals surface area contributed by atoms with Crippen LogP contribution in [0.2, 0.25) is 0 Å². The molecular formula is C13H16N2O. The van der Waals surface area contributed by atoms with Crippen molar-refractivity contribution in [1.82, 2.24) is 4.98 Å². The maximum Gasteiger partial charge on any atom is 0.126 e. The van der Waals surface area contributed by atoms with Crippen molar-refractivity contribution in [2.45, 2.75) is 27.3 Å². The van der Waals surface area contributed by atoms with E-state index in [-0.39, 0.29) is 0 Å². The van der Waals surface area contributed by atoms with Gasteiger partial charge in [-0.05, 0) is 39.0 Å². The van der Waals surface area contributed by atoms with Crippen LogP contribution in [0.25, 0.3) is 0 Å². The molecule has 2 aromatic heterocycles. The minimum Gasteiger partial charge on any atom is -0.466 e. The molecule has 84 valence electrons. The minimum absolute atomic E-state index is 0.750. The highest BCUT2D eigenvalue weighted by Crippen LogP contribution is 2.15. The Kier molecular flexibility index (Phi) is 2.95. The summed E-state index contributed by atoms with van der Waals surface area (Å²) < 4.78 is 5.47. The van der Waals surface area contributed by atoms with E-state index in [4.69, 9.17) is 4.42 Å². The molecule has 0 spiro atoms. The molecule has 2 rings (SSSR count). The molecule has 3 heteroatoms. The number of pyridine rings is 1. The third-order valence-corrected chi connectivity index (χ3v) is 2.49. The molecule has 0 saturated carbocycles. The zero-order valence-electron chi connectivity index (χ0n) is 9.87. The Morgan fingerprint density at radius 2 is 2.06 bits per heavy atom. The van der Waals surface area contributed by atoms with E-state index in [0.717, 1.165) is 29.6 Å². The summed E-state index contributed by atoms with van der Waals surface area (Å²) >= 11 is 0. The number of aryl methyl sites for hydroxylation is 3. The van der Waals surface area contributed by atoms with Gasteiger partial charge >= 0.3 is 0 Å². The zero-order valence-corrected chi connectivity index (χ0v) is 9.87. The molecule has 1 N–H and O–H groups in total. The Balaban J connectivity index is 2.05. The van der Waals surface area contributed by atoms with Crippen LogP contribution in [0.3, 0.4) is 0 Å². The van der Waals surface area contributed by atoms with Gasteiger partial charge in [-0.1, -0.05) is 6.07 Å². The zero-order chi connectivity index (χ0) is 11.5. The molecule has 0 fully saturated rings. The molecule has 0 aliphatic rings. The second kappa shape index (κ2) is 4.39. The number of nitrogens with one attached hydrogen (secondary N) is 1. The Bertz CT molecular complexity index is 488. The first-order valence-electron chi connectivity index (χ1n) is 5.38. The van der Waals surface area contributed by atoms with E-state index in [2.05, 4.69) is 16.4 Å². The van der Waals surface area contributed by atoms with Crippen LogP contribution in [0.15, 0.2) is 28.7 Å². The van der Waals surface area contributed by atoms with Crippen molar-refractivity contribution >= 4 is 5.82 Å². The van der Waals surface area contributed by atoms with Crippen LogP contribution in [-0.4, -0.2) is 4.98 Å². The molecule has 0 aromatic carbocycles. The standard InChI is InChI=1S/C13H16N2O/c1-9-5-4-6-13(15-9)14-8-12-7-10(2)16-11(12)3/h4-7H,8H2,1-3H3,(H,14,15). The molecule has 0 saturated heterocycles. The van der Waals surface area contributed by atoms with E-state index in [9.17, 15) is 0 Å². The lowest BCUT2D eigenvalue weighted by atomic mass is 10.2. The van der Waals surface area contributed by atoms with E-state index < -0.39 is 0 Å². The molecule has 0 atom stereocenters. The van der Waals surface area contributed by atoms with Gasteiger partial charge in [0.1, 0.15) is 17.3 Å². The van der Waals surface area contributed by atoms with E-state index >= 15 is 0 Å². The first-order valence-corrected chi connectivity index (χ1v) is 5.38. The van der Waals surface area contributed by atoms with Crippen molar-refractivity contribution < 1.29 is 4.42 Å². The lowest BCUT2D eigenvalue weighted by molar-refractivity contribution is 0.501. The van der Waals surface area contributed by atoms with Crippen LogP contribution >= 0.6 is 0 Å². The van der Waals surface area contributed by atoms with Crippen molar-refractivity contribution in [3.8, 4) is 0 Å². The van der Waals surface area contributed by atoms with Crippen molar-refractivity contribution in [3.05, 3.63) is 47.0 Å². The van der Waals surface area contributed by atoms with Gasteiger partial charge in [-0.15, -0.1) is 0 Å². The average Bonchev–Trinajstić information content (AvgIpc) is 2.54. The quantitative estimate of drug-likeness (QED) is 0.856. The lowest BCUT2D eigenvalue weighted by Gasteiger charge is -2.04. The monoisotopic (exact) mass is 216 g/mol. The molecule has 0 bridgehead atoms. The number of hydrogen-bond donors (Lipinski definition) is 1. The largest absolute Gasteiger partial charge is 0.466 e. The fourth-order valence-electron chi connectivity index (χ4n) is 1.69. The predicted molar refractivity (Wildman–Crippen MR) is 64.5 cm³/mol. The number of nitrogens with zero attached hydrogens (tertiary/aromatic N) is 1. The second-order valence-electron chi connectivity index (χ2n) is 3.96. The number of hydrogen-bond acceptors (Lipinski definition) is 3. The molecule has 0 radical (unpaired) electrons.